The first-order valence-electron chi connectivity index (χ1n) is 6.15. The number of guanidine groups is 1. The van der Waals surface area contributed by atoms with E-state index in [4.69, 9.17) is 26.8 Å². The number of hydrogen-bond donors (Lipinski definition) is 2. The molecule has 0 fully saturated rings. The highest BCUT2D eigenvalue weighted by Crippen LogP contribution is 2.26. The zero-order chi connectivity index (χ0) is 14.1. The van der Waals surface area contributed by atoms with Gasteiger partial charge in [0, 0.05) is 25.4 Å². The molecule has 0 unspecified atom stereocenters. The second-order valence-corrected chi connectivity index (χ2v) is 4.20. The maximum atomic E-state index is 6.01. The molecule has 6 heteroatoms. The molecule has 0 spiro atoms. The molecule has 3 N–H and O–H groups in total. The summed E-state index contributed by atoms with van der Waals surface area (Å²) in [4.78, 5) is 4.19. The van der Waals surface area contributed by atoms with E-state index in [1.807, 2.05) is 13.0 Å². The Bertz CT molecular complexity index is 424. The molecule has 1 aromatic carbocycles. The molecule has 106 valence electrons. The largest absolute Gasteiger partial charge is 0.495 e. The van der Waals surface area contributed by atoms with Gasteiger partial charge >= 0.3 is 0 Å². The molecule has 0 saturated heterocycles. The summed E-state index contributed by atoms with van der Waals surface area (Å²) < 4.78 is 10.3. The van der Waals surface area contributed by atoms with Gasteiger partial charge in [0.25, 0.3) is 0 Å². The predicted octanol–water partition coefficient (Wildman–Crippen LogP) is 2.50. The fourth-order valence-electron chi connectivity index (χ4n) is 1.44. The molecule has 0 aliphatic carbocycles. The maximum Gasteiger partial charge on any atom is 0.193 e. The number of nitrogens with two attached hydrogens (primary N) is 1. The van der Waals surface area contributed by atoms with Crippen molar-refractivity contribution in [2.75, 3.05) is 32.2 Å². The minimum absolute atomic E-state index is 0.359. The Hall–Kier alpha value is -1.46. The number of hydrogen-bond acceptors (Lipinski definition) is 3. The van der Waals surface area contributed by atoms with Crippen molar-refractivity contribution in [1.82, 2.24) is 0 Å². The average molecular weight is 286 g/mol. The van der Waals surface area contributed by atoms with Crippen LogP contribution >= 0.6 is 11.6 Å². The number of nitrogens with zero attached hydrogens (tertiary/aromatic N) is 1. The molecule has 0 amide bonds. The number of rotatable bonds is 7. The molecule has 0 radical (unpaired) electrons. The summed E-state index contributed by atoms with van der Waals surface area (Å²) in [5, 5.41) is 3.50. The summed E-state index contributed by atoms with van der Waals surface area (Å²) in [6, 6.07) is 5.34. The lowest BCUT2D eigenvalue weighted by Crippen LogP contribution is -2.23. The van der Waals surface area contributed by atoms with E-state index < -0.39 is 0 Å². The fraction of sp³-hybridized carbons (Fsp3) is 0.462. The van der Waals surface area contributed by atoms with Gasteiger partial charge in [0.05, 0.1) is 12.1 Å². The topological polar surface area (TPSA) is 68.9 Å². The van der Waals surface area contributed by atoms with Crippen LogP contribution in [0.1, 0.15) is 13.3 Å². The monoisotopic (exact) mass is 285 g/mol. The molecular formula is C13H20ClN3O2. The Morgan fingerprint density at radius 3 is 2.89 bits per heavy atom. The van der Waals surface area contributed by atoms with E-state index in [1.165, 1.54) is 0 Å². The number of ether oxygens (including phenoxy) is 2. The number of methoxy groups -OCH3 is 1. The second-order valence-electron chi connectivity index (χ2n) is 3.79. The second kappa shape index (κ2) is 8.61. The van der Waals surface area contributed by atoms with Crippen molar-refractivity contribution < 1.29 is 9.47 Å². The molecule has 0 saturated carbocycles. The summed E-state index contributed by atoms with van der Waals surface area (Å²) in [6.45, 7) is 4.01. The van der Waals surface area contributed by atoms with Crippen LogP contribution < -0.4 is 15.8 Å². The van der Waals surface area contributed by atoms with Gasteiger partial charge in [-0.2, -0.15) is 0 Å². The quantitative estimate of drug-likeness (QED) is 0.459. The molecule has 0 heterocycles. The normalized spacial score (nSPS) is 11.4. The summed E-state index contributed by atoms with van der Waals surface area (Å²) >= 11 is 6.01. The molecule has 5 nitrogen and oxygen atoms in total. The van der Waals surface area contributed by atoms with Gasteiger partial charge in [0.2, 0.25) is 0 Å². The SMILES string of the molecule is CCOCCCN=C(N)Nc1ccc(OC)c(Cl)c1. The lowest BCUT2D eigenvalue weighted by Gasteiger charge is -2.08. The Balaban J connectivity index is 2.45. The van der Waals surface area contributed by atoms with Gasteiger partial charge in [-0.3, -0.25) is 4.99 Å². The minimum Gasteiger partial charge on any atom is -0.495 e. The van der Waals surface area contributed by atoms with Crippen LogP contribution in [0.25, 0.3) is 0 Å². The van der Waals surface area contributed by atoms with Crippen LogP contribution in [0.4, 0.5) is 5.69 Å². The average Bonchev–Trinajstić information content (AvgIpc) is 2.39. The van der Waals surface area contributed by atoms with Crippen molar-refractivity contribution in [3.05, 3.63) is 23.2 Å². The van der Waals surface area contributed by atoms with Gasteiger partial charge in [0.15, 0.2) is 5.96 Å². The summed E-state index contributed by atoms with van der Waals surface area (Å²) in [7, 11) is 1.57. The lowest BCUT2D eigenvalue weighted by molar-refractivity contribution is 0.146. The van der Waals surface area contributed by atoms with Crippen LogP contribution in [0.15, 0.2) is 23.2 Å². The van der Waals surface area contributed by atoms with Gasteiger partial charge in [-0.05, 0) is 31.5 Å². The van der Waals surface area contributed by atoms with Crippen molar-refractivity contribution in [2.45, 2.75) is 13.3 Å². The number of anilines is 1. The molecule has 1 aromatic rings. The first-order chi connectivity index (χ1) is 9.17. The van der Waals surface area contributed by atoms with E-state index >= 15 is 0 Å². The van der Waals surface area contributed by atoms with Gasteiger partial charge in [0.1, 0.15) is 5.75 Å². The van der Waals surface area contributed by atoms with E-state index in [0.29, 0.717) is 29.9 Å². The molecule has 0 aliphatic heterocycles. The highest BCUT2D eigenvalue weighted by Gasteiger charge is 2.02. The van der Waals surface area contributed by atoms with Crippen LogP contribution in [0.5, 0.6) is 5.75 Å². The maximum absolute atomic E-state index is 6.01. The van der Waals surface area contributed by atoms with E-state index in [0.717, 1.165) is 18.7 Å². The number of benzene rings is 1. The van der Waals surface area contributed by atoms with E-state index in [9.17, 15) is 0 Å². The van der Waals surface area contributed by atoms with Crippen LogP contribution in [0.2, 0.25) is 5.02 Å². The predicted molar refractivity (Wildman–Crippen MR) is 79.2 cm³/mol. The van der Waals surface area contributed by atoms with Crippen molar-refractivity contribution in [3.63, 3.8) is 0 Å². The van der Waals surface area contributed by atoms with Crippen LogP contribution in [0, 0.1) is 0 Å². The highest BCUT2D eigenvalue weighted by molar-refractivity contribution is 6.32. The van der Waals surface area contributed by atoms with Crippen LogP contribution in [0.3, 0.4) is 0 Å². The minimum atomic E-state index is 0.359. The number of aliphatic imine (C=N–C) groups is 1. The molecular weight excluding hydrogens is 266 g/mol. The summed E-state index contributed by atoms with van der Waals surface area (Å²) in [6.07, 6.45) is 0.847. The number of halogens is 1. The Morgan fingerprint density at radius 2 is 2.26 bits per heavy atom. The third-order valence-electron chi connectivity index (χ3n) is 2.36. The summed E-state index contributed by atoms with van der Waals surface area (Å²) in [5.74, 6) is 0.983. The number of nitrogens with one attached hydrogen (secondary N) is 1. The standard InChI is InChI=1S/C13H20ClN3O2/c1-3-19-8-4-7-16-13(15)17-10-5-6-12(18-2)11(14)9-10/h5-6,9H,3-4,7-8H2,1-2H3,(H3,15,16,17). The van der Waals surface area contributed by atoms with Crippen molar-refractivity contribution in [1.29, 1.82) is 0 Å². The molecule has 1 rings (SSSR count). The van der Waals surface area contributed by atoms with Crippen LogP contribution in [-0.4, -0.2) is 32.8 Å². The molecule has 0 aliphatic rings. The third-order valence-corrected chi connectivity index (χ3v) is 2.65. The van der Waals surface area contributed by atoms with E-state index in [2.05, 4.69) is 10.3 Å². The van der Waals surface area contributed by atoms with E-state index in [1.54, 1.807) is 19.2 Å². The van der Waals surface area contributed by atoms with Gasteiger partial charge in [-0.15, -0.1) is 0 Å². The van der Waals surface area contributed by atoms with Crippen LogP contribution in [-0.2, 0) is 4.74 Å². The Morgan fingerprint density at radius 1 is 1.47 bits per heavy atom. The first-order valence-corrected chi connectivity index (χ1v) is 6.53. The molecule has 0 bridgehead atoms. The van der Waals surface area contributed by atoms with Crippen molar-refractivity contribution >= 4 is 23.2 Å². The Labute approximate surface area is 118 Å². The molecule has 0 aromatic heterocycles. The van der Waals surface area contributed by atoms with Gasteiger partial charge < -0.3 is 20.5 Å². The van der Waals surface area contributed by atoms with Crippen molar-refractivity contribution in [2.24, 2.45) is 10.7 Å². The zero-order valence-electron chi connectivity index (χ0n) is 11.3. The first kappa shape index (κ1) is 15.6. The Kier molecular flexibility index (Phi) is 7.07. The zero-order valence-corrected chi connectivity index (χ0v) is 12.0. The smallest absolute Gasteiger partial charge is 0.193 e. The third kappa shape index (κ3) is 5.81. The lowest BCUT2D eigenvalue weighted by atomic mass is 10.3. The van der Waals surface area contributed by atoms with E-state index in [-0.39, 0.29) is 0 Å². The summed E-state index contributed by atoms with van der Waals surface area (Å²) in [5.41, 5.74) is 6.54. The van der Waals surface area contributed by atoms with Gasteiger partial charge in [-0.1, -0.05) is 11.6 Å². The molecule has 19 heavy (non-hydrogen) atoms. The fourth-order valence-corrected chi connectivity index (χ4v) is 1.70. The van der Waals surface area contributed by atoms with Crippen molar-refractivity contribution in [3.8, 4) is 5.75 Å². The highest BCUT2D eigenvalue weighted by atomic mass is 35.5. The molecule has 0 atom stereocenters. The van der Waals surface area contributed by atoms with Gasteiger partial charge in [-0.25, -0.2) is 0 Å².